The van der Waals surface area contributed by atoms with Crippen molar-refractivity contribution in [3.05, 3.63) is 51.9 Å². The molecule has 4 aromatic rings. The summed E-state index contributed by atoms with van der Waals surface area (Å²) >= 11 is 1.32. The Balaban J connectivity index is 2.07. The highest BCUT2D eigenvalue weighted by atomic mass is 32.1. The van der Waals surface area contributed by atoms with Crippen molar-refractivity contribution in [1.29, 1.82) is 0 Å². The van der Waals surface area contributed by atoms with Gasteiger partial charge in [0.2, 0.25) is 0 Å². The Bertz CT molecular complexity index is 1210. The first-order chi connectivity index (χ1) is 12.5. The number of hydrogen-bond acceptors (Lipinski definition) is 7. The van der Waals surface area contributed by atoms with E-state index in [1.165, 1.54) is 34.1 Å². The highest BCUT2D eigenvalue weighted by Crippen LogP contribution is 2.30. The molecule has 1 aromatic carbocycles. The van der Waals surface area contributed by atoms with Gasteiger partial charge in [0.25, 0.3) is 5.91 Å². The second kappa shape index (κ2) is 5.70. The number of nitrogens with two attached hydrogens (primary N) is 1. The number of imidazole rings is 1. The van der Waals surface area contributed by atoms with E-state index in [1.807, 2.05) is 0 Å². The second-order valence-corrected chi connectivity index (χ2v) is 6.31. The number of H-pyrrole nitrogens is 1. The summed E-state index contributed by atoms with van der Waals surface area (Å²) in [5.74, 6) is -1.43. The lowest BCUT2D eigenvalue weighted by Gasteiger charge is -2.06. The van der Waals surface area contributed by atoms with Gasteiger partial charge in [-0.25, -0.2) is 19.3 Å². The van der Waals surface area contributed by atoms with E-state index in [0.717, 1.165) is 0 Å². The fraction of sp³-hybridized carbons (Fsp3) is 0. The van der Waals surface area contributed by atoms with Gasteiger partial charge in [0.15, 0.2) is 28.7 Å². The molecule has 3 aromatic heterocycles. The van der Waals surface area contributed by atoms with Crippen LogP contribution in [0.5, 0.6) is 11.5 Å². The van der Waals surface area contributed by atoms with Gasteiger partial charge < -0.3 is 20.9 Å². The summed E-state index contributed by atoms with van der Waals surface area (Å²) in [5.41, 5.74) is 5.44. The largest absolute Gasteiger partial charge is 0.504 e. The number of carbonyl (C=O) groups excluding carboxylic acids is 1. The zero-order valence-corrected chi connectivity index (χ0v) is 13.8. The number of nitrogens with one attached hydrogen (secondary N) is 1. The minimum absolute atomic E-state index is 0.0749. The summed E-state index contributed by atoms with van der Waals surface area (Å²) in [5, 5.41) is 21.6. The SMILES string of the molecule is NC(=O)c1nc(-c2ccc(O)c(O)c2)nc2c1[nH]c(=O)n2-c1cccs1. The number of aromatic amines is 1. The maximum absolute atomic E-state index is 12.4. The molecule has 0 aliphatic carbocycles. The van der Waals surface area contributed by atoms with Crippen molar-refractivity contribution in [2.45, 2.75) is 0 Å². The molecule has 0 saturated carbocycles. The maximum Gasteiger partial charge on any atom is 0.333 e. The first-order valence-corrected chi connectivity index (χ1v) is 8.22. The Hall–Kier alpha value is -3.66. The fourth-order valence-corrected chi connectivity index (χ4v) is 3.28. The highest BCUT2D eigenvalue weighted by molar-refractivity contribution is 7.12. The van der Waals surface area contributed by atoms with Crippen molar-refractivity contribution < 1.29 is 15.0 Å². The predicted octanol–water partition coefficient (Wildman–Crippen LogP) is 1.35. The van der Waals surface area contributed by atoms with Crippen LogP contribution in [0, 0.1) is 0 Å². The smallest absolute Gasteiger partial charge is 0.333 e. The zero-order chi connectivity index (χ0) is 18.4. The summed E-state index contributed by atoms with van der Waals surface area (Å²) in [6.45, 7) is 0. The van der Waals surface area contributed by atoms with E-state index in [9.17, 15) is 19.8 Å². The van der Waals surface area contributed by atoms with Crippen LogP contribution in [-0.4, -0.2) is 35.6 Å². The predicted molar refractivity (Wildman–Crippen MR) is 94.6 cm³/mol. The lowest BCUT2D eigenvalue weighted by atomic mass is 10.2. The van der Waals surface area contributed by atoms with Gasteiger partial charge in [-0.3, -0.25) is 4.79 Å². The quantitative estimate of drug-likeness (QED) is 0.401. The van der Waals surface area contributed by atoms with Gasteiger partial charge in [0.05, 0.1) is 0 Å². The number of hydrogen-bond donors (Lipinski definition) is 4. The minimum Gasteiger partial charge on any atom is -0.504 e. The first-order valence-electron chi connectivity index (χ1n) is 7.34. The molecule has 4 rings (SSSR count). The number of phenolic OH excluding ortho intramolecular Hbond substituents is 2. The summed E-state index contributed by atoms with van der Waals surface area (Å²) in [6.07, 6.45) is 0. The molecule has 0 spiro atoms. The Labute approximate surface area is 149 Å². The van der Waals surface area contributed by atoms with Crippen LogP contribution in [0.25, 0.3) is 27.6 Å². The van der Waals surface area contributed by atoms with E-state index in [1.54, 1.807) is 17.5 Å². The van der Waals surface area contributed by atoms with Crippen molar-refractivity contribution in [1.82, 2.24) is 19.5 Å². The molecule has 0 bridgehead atoms. The van der Waals surface area contributed by atoms with E-state index >= 15 is 0 Å². The minimum atomic E-state index is -0.832. The van der Waals surface area contributed by atoms with Crippen LogP contribution in [0.2, 0.25) is 0 Å². The number of rotatable bonds is 3. The number of aromatic nitrogens is 4. The Kier molecular flexibility index (Phi) is 3.48. The number of thiophene rings is 1. The standard InChI is InChI=1S/C16H11N5O4S/c17-13(24)11-12-15(21(16(25)19-12)10-2-1-5-26-10)20-14(18-11)7-3-4-8(22)9(23)6-7/h1-6,22-23H,(H2,17,24)(H,19,25). The van der Waals surface area contributed by atoms with Crippen LogP contribution in [0.1, 0.15) is 10.5 Å². The van der Waals surface area contributed by atoms with Gasteiger partial charge >= 0.3 is 5.69 Å². The molecule has 26 heavy (non-hydrogen) atoms. The topological polar surface area (TPSA) is 147 Å². The lowest BCUT2D eigenvalue weighted by Crippen LogP contribution is -2.15. The zero-order valence-electron chi connectivity index (χ0n) is 13.0. The van der Waals surface area contributed by atoms with E-state index in [2.05, 4.69) is 15.0 Å². The summed E-state index contributed by atoms with van der Waals surface area (Å²) < 4.78 is 1.32. The molecule has 5 N–H and O–H groups in total. The van der Waals surface area contributed by atoms with Crippen LogP contribution in [0.3, 0.4) is 0 Å². The van der Waals surface area contributed by atoms with Gasteiger partial charge in [-0.1, -0.05) is 0 Å². The van der Waals surface area contributed by atoms with Crippen molar-refractivity contribution in [2.24, 2.45) is 5.73 Å². The third-order valence-electron chi connectivity index (χ3n) is 3.73. The number of carbonyl (C=O) groups is 1. The van der Waals surface area contributed by atoms with Crippen molar-refractivity contribution in [2.75, 3.05) is 0 Å². The number of benzene rings is 1. The van der Waals surface area contributed by atoms with Gasteiger partial charge in [0, 0.05) is 5.56 Å². The third-order valence-corrected chi connectivity index (χ3v) is 4.58. The summed E-state index contributed by atoms with van der Waals surface area (Å²) in [7, 11) is 0. The van der Waals surface area contributed by atoms with Crippen molar-refractivity contribution in [3.63, 3.8) is 0 Å². The molecule has 0 atom stereocenters. The molecule has 0 unspecified atom stereocenters. The molecule has 0 saturated heterocycles. The average molecular weight is 369 g/mol. The molecular weight excluding hydrogens is 358 g/mol. The molecule has 0 aliphatic rings. The highest BCUT2D eigenvalue weighted by Gasteiger charge is 2.20. The number of phenols is 2. The molecule has 10 heteroatoms. The Morgan fingerprint density at radius 1 is 1.19 bits per heavy atom. The molecule has 0 aliphatic heterocycles. The van der Waals surface area contributed by atoms with Crippen LogP contribution in [0.15, 0.2) is 40.5 Å². The normalized spacial score (nSPS) is 11.1. The second-order valence-electron chi connectivity index (χ2n) is 5.38. The van der Waals surface area contributed by atoms with E-state index < -0.39 is 11.6 Å². The van der Waals surface area contributed by atoms with Crippen molar-refractivity contribution in [3.8, 4) is 27.9 Å². The fourth-order valence-electron chi connectivity index (χ4n) is 2.56. The molecular formula is C16H11N5O4S. The van der Waals surface area contributed by atoms with Crippen molar-refractivity contribution >= 4 is 28.4 Å². The number of amides is 1. The van der Waals surface area contributed by atoms with Crippen LogP contribution in [-0.2, 0) is 0 Å². The molecule has 0 fully saturated rings. The number of aromatic hydroxyl groups is 2. The monoisotopic (exact) mass is 369 g/mol. The van der Waals surface area contributed by atoms with E-state index in [0.29, 0.717) is 10.6 Å². The van der Waals surface area contributed by atoms with Gasteiger partial charge in [-0.2, -0.15) is 0 Å². The van der Waals surface area contributed by atoms with Crippen LogP contribution < -0.4 is 11.4 Å². The molecule has 3 heterocycles. The molecule has 9 nitrogen and oxygen atoms in total. The first kappa shape index (κ1) is 15.8. The third kappa shape index (κ3) is 2.40. The van der Waals surface area contributed by atoms with Gasteiger partial charge in [0.1, 0.15) is 10.5 Å². The van der Waals surface area contributed by atoms with E-state index in [-0.39, 0.29) is 34.2 Å². The average Bonchev–Trinajstić information content (AvgIpc) is 3.22. The summed E-state index contributed by atoms with van der Waals surface area (Å²) in [4.78, 5) is 35.3. The Morgan fingerprint density at radius 2 is 2.00 bits per heavy atom. The lowest BCUT2D eigenvalue weighted by molar-refractivity contribution is 0.0997. The Morgan fingerprint density at radius 3 is 2.65 bits per heavy atom. The van der Waals surface area contributed by atoms with Crippen LogP contribution >= 0.6 is 11.3 Å². The molecule has 130 valence electrons. The van der Waals surface area contributed by atoms with E-state index in [4.69, 9.17) is 5.73 Å². The summed E-state index contributed by atoms with van der Waals surface area (Å²) in [6, 6.07) is 7.51. The number of nitrogens with zero attached hydrogens (tertiary/aromatic N) is 3. The maximum atomic E-state index is 12.4. The van der Waals surface area contributed by atoms with Gasteiger partial charge in [-0.05, 0) is 35.7 Å². The van der Waals surface area contributed by atoms with Crippen LogP contribution in [0.4, 0.5) is 0 Å². The molecule has 0 radical (unpaired) electrons. The number of fused-ring (bicyclic) bond motifs is 1. The molecule has 1 amide bonds. The number of primary amides is 1. The van der Waals surface area contributed by atoms with Gasteiger partial charge in [-0.15, -0.1) is 11.3 Å².